The standard InChI is InChI=1S/C35H48N4O7/c1-23(2)18-28-21-39(35(43)25-13-16-46-17-14-25)22-32(40)36-15-5-6-26-20-27(9-12-31(26)45-4)33(41)38-30(34(42)37-28)19-24-7-10-29(44-3)11-8-24/h7-12,20,23,25,28,30H,5-6,13-19,21-22H2,1-4H3,(H,36,40)(H,37,42)(H,38,41)/t28-,30-/m0/s1. The van der Waals surface area contributed by atoms with Crippen molar-refractivity contribution >= 4 is 23.6 Å². The lowest BCUT2D eigenvalue weighted by Crippen LogP contribution is -2.55. The van der Waals surface area contributed by atoms with Crippen molar-refractivity contribution < 1.29 is 33.4 Å². The van der Waals surface area contributed by atoms with Crippen LogP contribution < -0.4 is 25.4 Å². The molecule has 0 spiro atoms. The molecule has 2 bridgehead atoms. The van der Waals surface area contributed by atoms with Gasteiger partial charge in [-0.05, 0) is 79.5 Å². The van der Waals surface area contributed by atoms with E-state index in [9.17, 15) is 19.2 Å². The molecule has 2 aliphatic heterocycles. The third-order valence-electron chi connectivity index (χ3n) is 8.47. The van der Waals surface area contributed by atoms with Gasteiger partial charge < -0.3 is 35.1 Å². The smallest absolute Gasteiger partial charge is 0.251 e. The molecule has 0 radical (unpaired) electrons. The predicted octanol–water partition coefficient (Wildman–Crippen LogP) is 2.89. The number of hydrogen-bond acceptors (Lipinski definition) is 7. The van der Waals surface area contributed by atoms with Crippen LogP contribution in [0.5, 0.6) is 11.5 Å². The van der Waals surface area contributed by atoms with Gasteiger partial charge in [0.2, 0.25) is 17.7 Å². The molecule has 1 fully saturated rings. The average Bonchev–Trinajstić information content (AvgIpc) is 3.05. The second kappa shape index (κ2) is 17.0. The third-order valence-corrected chi connectivity index (χ3v) is 8.47. The first kappa shape index (κ1) is 34.7. The minimum atomic E-state index is -0.903. The van der Waals surface area contributed by atoms with Crippen LogP contribution in [0, 0.1) is 11.8 Å². The first-order chi connectivity index (χ1) is 22.2. The van der Waals surface area contributed by atoms with Crippen LogP contribution in [0.25, 0.3) is 0 Å². The highest BCUT2D eigenvalue weighted by molar-refractivity contribution is 5.98. The molecular weight excluding hydrogens is 588 g/mol. The first-order valence-electron chi connectivity index (χ1n) is 16.2. The van der Waals surface area contributed by atoms with E-state index >= 15 is 0 Å². The fourth-order valence-corrected chi connectivity index (χ4v) is 6.05. The Morgan fingerprint density at radius 3 is 2.41 bits per heavy atom. The molecule has 3 N–H and O–H groups in total. The summed E-state index contributed by atoms with van der Waals surface area (Å²) in [6, 6.07) is 11.2. The van der Waals surface area contributed by atoms with Gasteiger partial charge in [0.15, 0.2) is 0 Å². The molecular formula is C35H48N4O7. The number of nitrogens with zero attached hydrogens (tertiary/aromatic N) is 1. The Morgan fingerprint density at radius 1 is 1.00 bits per heavy atom. The van der Waals surface area contributed by atoms with Crippen LogP contribution in [0.15, 0.2) is 42.5 Å². The van der Waals surface area contributed by atoms with Crippen molar-refractivity contribution in [2.24, 2.45) is 11.8 Å². The van der Waals surface area contributed by atoms with Crippen LogP contribution in [0.1, 0.15) is 61.0 Å². The van der Waals surface area contributed by atoms with Crippen molar-refractivity contribution in [3.63, 3.8) is 0 Å². The van der Waals surface area contributed by atoms with Crippen LogP contribution in [-0.2, 0) is 32.0 Å². The van der Waals surface area contributed by atoms with Gasteiger partial charge in [0.25, 0.3) is 5.91 Å². The Bertz CT molecular complexity index is 1340. The summed E-state index contributed by atoms with van der Waals surface area (Å²) < 4.78 is 16.3. The molecule has 0 aliphatic carbocycles. The minimum Gasteiger partial charge on any atom is -0.497 e. The van der Waals surface area contributed by atoms with E-state index in [2.05, 4.69) is 16.0 Å². The van der Waals surface area contributed by atoms with Gasteiger partial charge >= 0.3 is 0 Å². The summed E-state index contributed by atoms with van der Waals surface area (Å²) in [5.41, 5.74) is 2.07. The van der Waals surface area contributed by atoms with Crippen LogP contribution in [0.2, 0.25) is 0 Å². The van der Waals surface area contributed by atoms with Gasteiger partial charge in [-0.1, -0.05) is 26.0 Å². The molecule has 4 rings (SSSR count). The number of carbonyl (C=O) groups is 4. The zero-order chi connectivity index (χ0) is 33.1. The van der Waals surface area contributed by atoms with Gasteiger partial charge in [-0.3, -0.25) is 19.2 Å². The van der Waals surface area contributed by atoms with Crippen molar-refractivity contribution in [2.75, 3.05) is 47.1 Å². The zero-order valence-corrected chi connectivity index (χ0v) is 27.4. The lowest BCUT2D eigenvalue weighted by molar-refractivity contribution is -0.142. The van der Waals surface area contributed by atoms with Gasteiger partial charge in [0, 0.05) is 50.2 Å². The quantitative estimate of drug-likeness (QED) is 0.426. The molecule has 2 atom stereocenters. The Hall–Kier alpha value is -4.12. The summed E-state index contributed by atoms with van der Waals surface area (Å²) in [6.07, 6.45) is 3.17. The lowest BCUT2D eigenvalue weighted by atomic mass is 9.97. The highest BCUT2D eigenvalue weighted by Crippen LogP contribution is 2.23. The summed E-state index contributed by atoms with van der Waals surface area (Å²) in [6.45, 7) is 5.56. The van der Waals surface area contributed by atoms with E-state index in [4.69, 9.17) is 14.2 Å². The molecule has 2 aromatic carbocycles. The number of benzene rings is 2. The molecule has 2 aliphatic rings. The Labute approximate surface area is 271 Å². The number of aryl methyl sites for hydroxylation is 1. The van der Waals surface area contributed by atoms with E-state index in [1.165, 1.54) is 0 Å². The maximum absolute atomic E-state index is 14.0. The molecule has 2 aromatic rings. The SMILES string of the molecule is COc1ccc(C[C@@H]2NC(=O)c3ccc(OC)c(c3)CCCNC(=O)CN(C(=O)C3CCOCC3)C[C@H](CC(C)C)NC2=O)cc1. The van der Waals surface area contributed by atoms with Crippen LogP contribution in [0.4, 0.5) is 0 Å². The number of methoxy groups -OCH3 is 2. The first-order valence-corrected chi connectivity index (χ1v) is 16.2. The molecule has 0 saturated carbocycles. The molecule has 2 heterocycles. The Morgan fingerprint density at radius 2 is 1.74 bits per heavy atom. The second-order valence-corrected chi connectivity index (χ2v) is 12.5. The van der Waals surface area contributed by atoms with Crippen LogP contribution in [0.3, 0.4) is 0 Å². The van der Waals surface area contributed by atoms with Gasteiger partial charge in [-0.2, -0.15) is 0 Å². The number of hydrogen-bond donors (Lipinski definition) is 3. The third kappa shape index (κ3) is 9.94. The Kier molecular flexibility index (Phi) is 12.8. The number of nitrogens with one attached hydrogen (secondary N) is 3. The number of ether oxygens (including phenoxy) is 3. The molecule has 11 heteroatoms. The number of carbonyl (C=O) groups excluding carboxylic acids is 4. The van der Waals surface area contributed by atoms with E-state index in [0.717, 1.165) is 11.1 Å². The summed E-state index contributed by atoms with van der Waals surface area (Å²) in [5.74, 6) is 0.165. The fourth-order valence-electron chi connectivity index (χ4n) is 6.05. The lowest BCUT2D eigenvalue weighted by Gasteiger charge is -2.33. The van der Waals surface area contributed by atoms with Gasteiger partial charge in [0.1, 0.15) is 17.5 Å². The number of fused-ring (bicyclic) bond motifs is 2. The maximum atomic E-state index is 14.0. The normalized spacial score (nSPS) is 20.7. The highest BCUT2D eigenvalue weighted by atomic mass is 16.5. The highest BCUT2D eigenvalue weighted by Gasteiger charge is 2.31. The summed E-state index contributed by atoms with van der Waals surface area (Å²) in [7, 11) is 3.16. The van der Waals surface area contributed by atoms with E-state index in [-0.39, 0.29) is 55.0 Å². The van der Waals surface area contributed by atoms with E-state index in [0.29, 0.717) is 68.9 Å². The van der Waals surface area contributed by atoms with Gasteiger partial charge in [0.05, 0.1) is 20.8 Å². The van der Waals surface area contributed by atoms with Crippen molar-refractivity contribution in [3.8, 4) is 11.5 Å². The monoisotopic (exact) mass is 636 g/mol. The van der Waals surface area contributed by atoms with Crippen molar-refractivity contribution in [1.82, 2.24) is 20.9 Å². The summed E-state index contributed by atoms with van der Waals surface area (Å²) >= 11 is 0. The van der Waals surface area contributed by atoms with Crippen molar-refractivity contribution in [1.29, 1.82) is 0 Å². The zero-order valence-electron chi connectivity index (χ0n) is 27.4. The molecule has 0 unspecified atom stereocenters. The Balaban J connectivity index is 1.67. The van der Waals surface area contributed by atoms with Gasteiger partial charge in [-0.25, -0.2) is 0 Å². The predicted molar refractivity (Wildman–Crippen MR) is 174 cm³/mol. The number of amides is 4. The maximum Gasteiger partial charge on any atom is 0.251 e. The molecule has 11 nitrogen and oxygen atoms in total. The van der Waals surface area contributed by atoms with E-state index in [1.807, 2.05) is 38.1 Å². The number of rotatable bonds is 7. The topological polar surface area (TPSA) is 135 Å². The minimum absolute atomic E-state index is 0.106. The van der Waals surface area contributed by atoms with Crippen molar-refractivity contribution in [2.45, 2.75) is 64.5 Å². The van der Waals surface area contributed by atoms with Crippen molar-refractivity contribution in [3.05, 3.63) is 59.2 Å². The van der Waals surface area contributed by atoms with E-state index in [1.54, 1.807) is 37.3 Å². The summed E-state index contributed by atoms with van der Waals surface area (Å²) in [4.78, 5) is 56.2. The largest absolute Gasteiger partial charge is 0.497 e. The second-order valence-electron chi connectivity index (χ2n) is 12.5. The molecule has 46 heavy (non-hydrogen) atoms. The molecule has 250 valence electrons. The van der Waals surface area contributed by atoms with Crippen LogP contribution in [-0.4, -0.2) is 87.7 Å². The molecule has 0 aromatic heterocycles. The summed E-state index contributed by atoms with van der Waals surface area (Å²) in [5, 5.41) is 9.05. The molecule has 4 amide bonds. The molecule has 1 saturated heterocycles. The fraction of sp³-hybridized carbons (Fsp3) is 0.543. The van der Waals surface area contributed by atoms with E-state index < -0.39 is 12.1 Å². The van der Waals surface area contributed by atoms with Gasteiger partial charge in [-0.15, -0.1) is 0 Å². The average molecular weight is 637 g/mol. The van der Waals surface area contributed by atoms with Crippen LogP contribution >= 0.6 is 0 Å².